The van der Waals surface area contributed by atoms with Crippen LogP contribution >= 0.6 is 11.3 Å². The fourth-order valence-electron chi connectivity index (χ4n) is 2.17. The number of hydrogen-bond acceptors (Lipinski definition) is 3. The van der Waals surface area contributed by atoms with E-state index in [0.29, 0.717) is 6.54 Å². The topological polar surface area (TPSA) is 32.3 Å². The maximum atomic E-state index is 12.2. The molecular weight excluding hydrogens is 280 g/mol. The highest BCUT2D eigenvalue weighted by Crippen LogP contribution is 2.18. The van der Waals surface area contributed by atoms with Gasteiger partial charge in [-0.3, -0.25) is 9.69 Å². The summed E-state index contributed by atoms with van der Waals surface area (Å²) in [5, 5.41) is 5.09. The van der Waals surface area contributed by atoms with Crippen molar-refractivity contribution in [1.29, 1.82) is 0 Å². The zero-order valence-corrected chi connectivity index (χ0v) is 13.9. The second kappa shape index (κ2) is 6.87. The quantitative estimate of drug-likeness (QED) is 0.912. The van der Waals surface area contributed by atoms with Crippen LogP contribution in [0, 0.1) is 20.8 Å². The maximum absolute atomic E-state index is 12.2. The number of nitrogens with one attached hydrogen (secondary N) is 1. The maximum Gasteiger partial charge on any atom is 0.238 e. The van der Waals surface area contributed by atoms with Crippen molar-refractivity contribution in [3.63, 3.8) is 0 Å². The summed E-state index contributed by atoms with van der Waals surface area (Å²) >= 11 is 1.74. The Bertz CT molecular complexity index is 633. The fourth-order valence-corrected chi connectivity index (χ4v) is 3.16. The first-order chi connectivity index (χ1) is 9.95. The van der Waals surface area contributed by atoms with Crippen LogP contribution in [-0.4, -0.2) is 24.4 Å². The predicted molar refractivity (Wildman–Crippen MR) is 89.9 cm³/mol. The molecule has 0 aliphatic carbocycles. The number of rotatable bonds is 5. The first kappa shape index (κ1) is 15.7. The summed E-state index contributed by atoms with van der Waals surface area (Å²) in [6, 6.07) is 8.21. The summed E-state index contributed by atoms with van der Waals surface area (Å²) in [6.07, 6.45) is 0. The van der Waals surface area contributed by atoms with E-state index in [4.69, 9.17) is 0 Å². The number of carbonyl (C=O) groups excluding carboxylic acids is 1. The Kier molecular flexibility index (Phi) is 5.15. The first-order valence-electron chi connectivity index (χ1n) is 7.04. The van der Waals surface area contributed by atoms with Crippen LogP contribution in [0.15, 0.2) is 29.6 Å². The molecule has 0 saturated heterocycles. The Balaban J connectivity index is 1.92. The highest BCUT2D eigenvalue weighted by Gasteiger charge is 2.10. The number of anilines is 1. The number of carbonyl (C=O) groups is 1. The van der Waals surface area contributed by atoms with Gasteiger partial charge in [0.15, 0.2) is 0 Å². The van der Waals surface area contributed by atoms with Gasteiger partial charge in [-0.2, -0.15) is 0 Å². The van der Waals surface area contributed by atoms with Gasteiger partial charge < -0.3 is 5.32 Å². The molecule has 1 amide bonds. The number of nitrogens with zero attached hydrogens (tertiary/aromatic N) is 1. The monoisotopic (exact) mass is 302 g/mol. The second-order valence-electron chi connectivity index (χ2n) is 5.57. The number of aryl methyl sites for hydroxylation is 3. The number of thiophene rings is 1. The van der Waals surface area contributed by atoms with Gasteiger partial charge >= 0.3 is 0 Å². The second-order valence-corrected chi connectivity index (χ2v) is 6.57. The summed E-state index contributed by atoms with van der Waals surface area (Å²) in [6.45, 7) is 7.35. The van der Waals surface area contributed by atoms with Gasteiger partial charge in [0, 0.05) is 17.1 Å². The van der Waals surface area contributed by atoms with Crippen LogP contribution in [0.1, 0.15) is 21.6 Å². The molecule has 1 aromatic heterocycles. The van der Waals surface area contributed by atoms with Crippen molar-refractivity contribution in [2.45, 2.75) is 27.3 Å². The van der Waals surface area contributed by atoms with Crippen molar-refractivity contribution in [3.8, 4) is 0 Å². The lowest BCUT2D eigenvalue weighted by Crippen LogP contribution is -2.30. The SMILES string of the molecule is Cc1ccc(C)c(NC(=O)CN(C)Cc2sccc2C)c1. The molecule has 2 rings (SSSR count). The van der Waals surface area contributed by atoms with E-state index in [1.54, 1.807) is 11.3 Å². The predicted octanol–water partition coefficient (Wildman–Crippen LogP) is 3.74. The van der Waals surface area contributed by atoms with Crippen molar-refractivity contribution >= 4 is 22.9 Å². The first-order valence-corrected chi connectivity index (χ1v) is 7.92. The van der Waals surface area contributed by atoms with E-state index in [1.807, 2.05) is 37.9 Å². The van der Waals surface area contributed by atoms with E-state index in [0.717, 1.165) is 23.4 Å². The van der Waals surface area contributed by atoms with Crippen molar-refractivity contribution in [2.24, 2.45) is 0 Å². The van der Waals surface area contributed by atoms with Crippen molar-refractivity contribution in [2.75, 3.05) is 18.9 Å². The van der Waals surface area contributed by atoms with Crippen molar-refractivity contribution in [1.82, 2.24) is 4.90 Å². The van der Waals surface area contributed by atoms with E-state index < -0.39 is 0 Å². The Morgan fingerprint density at radius 2 is 1.95 bits per heavy atom. The molecular formula is C17H22N2OS. The third-order valence-electron chi connectivity index (χ3n) is 3.46. The van der Waals surface area contributed by atoms with Crippen LogP contribution in [0.4, 0.5) is 5.69 Å². The molecule has 112 valence electrons. The molecule has 1 heterocycles. The number of amides is 1. The molecule has 1 aromatic carbocycles. The lowest BCUT2D eigenvalue weighted by Gasteiger charge is -2.17. The van der Waals surface area contributed by atoms with Gasteiger partial charge in [-0.15, -0.1) is 11.3 Å². The van der Waals surface area contributed by atoms with E-state index >= 15 is 0 Å². The number of hydrogen-bond donors (Lipinski definition) is 1. The van der Waals surface area contributed by atoms with E-state index in [9.17, 15) is 4.79 Å². The van der Waals surface area contributed by atoms with E-state index in [1.165, 1.54) is 10.4 Å². The molecule has 0 unspecified atom stereocenters. The molecule has 0 aliphatic rings. The minimum Gasteiger partial charge on any atom is -0.325 e. The highest BCUT2D eigenvalue weighted by molar-refractivity contribution is 7.10. The smallest absolute Gasteiger partial charge is 0.238 e. The van der Waals surface area contributed by atoms with Crippen LogP contribution in [0.3, 0.4) is 0 Å². The van der Waals surface area contributed by atoms with Crippen molar-refractivity contribution in [3.05, 3.63) is 51.2 Å². The van der Waals surface area contributed by atoms with Gasteiger partial charge in [-0.1, -0.05) is 12.1 Å². The van der Waals surface area contributed by atoms with Crippen LogP contribution in [0.5, 0.6) is 0 Å². The van der Waals surface area contributed by atoms with Gasteiger partial charge in [-0.25, -0.2) is 0 Å². The number of likely N-dealkylation sites (N-methyl/N-ethyl adjacent to an activating group) is 1. The van der Waals surface area contributed by atoms with E-state index in [-0.39, 0.29) is 5.91 Å². The van der Waals surface area contributed by atoms with Gasteiger partial charge in [-0.05, 0) is 62.0 Å². The average molecular weight is 302 g/mol. The minimum atomic E-state index is 0.0282. The molecule has 0 fully saturated rings. The molecule has 0 atom stereocenters. The van der Waals surface area contributed by atoms with Crippen LogP contribution in [0.2, 0.25) is 0 Å². The molecule has 0 bridgehead atoms. The Morgan fingerprint density at radius 1 is 1.19 bits per heavy atom. The molecule has 4 heteroatoms. The molecule has 0 spiro atoms. The molecule has 0 saturated carbocycles. The number of benzene rings is 1. The van der Waals surface area contributed by atoms with E-state index in [2.05, 4.69) is 29.8 Å². The highest BCUT2D eigenvalue weighted by atomic mass is 32.1. The standard InChI is InChI=1S/C17H22N2OS/c1-12-5-6-13(2)15(9-12)18-17(20)11-19(4)10-16-14(3)7-8-21-16/h5-9H,10-11H2,1-4H3,(H,18,20). The van der Waals surface area contributed by atoms with Gasteiger partial charge in [0.05, 0.1) is 6.54 Å². The Morgan fingerprint density at radius 3 is 2.62 bits per heavy atom. The van der Waals surface area contributed by atoms with Crippen LogP contribution in [-0.2, 0) is 11.3 Å². The van der Waals surface area contributed by atoms with Gasteiger partial charge in [0.1, 0.15) is 0 Å². The lowest BCUT2D eigenvalue weighted by atomic mass is 10.1. The molecule has 1 N–H and O–H groups in total. The summed E-state index contributed by atoms with van der Waals surface area (Å²) in [7, 11) is 1.97. The largest absolute Gasteiger partial charge is 0.325 e. The summed E-state index contributed by atoms with van der Waals surface area (Å²) in [5.74, 6) is 0.0282. The Hall–Kier alpha value is -1.65. The summed E-state index contributed by atoms with van der Waals surface area (Å²) < 4.78 is 0. The molecule has 2 aromatic rings. The zero-order chi connectivity index (χ0) is 15.4. The summed E-state index contributed by atoms with van der Waals surface area (Å²) in [4.78, 5) is 15.5. The molecule has 3 nitrogen and oxygen atoms in total. The van der Waals surface area contributed by atoms with Crippen LogP contribution in [0.25, 0.3) is 0 Å². The Labute approximate surface area is 130 Å². The van der Waals surface area contributed by atoms with Crippen LogP contribution < -0.4 is 5.32 Å². The molecule has 0 aliphatic heterocycles. The lowest BCUT2D eigenvalue weighted by molar-refractivity contribution is -0.117. The molecule has 0 radical (unpaired) electrons. The normalized spacial score (nSPS) is 10.9. The fraction of sp³-hybridized carbons (Fsp3) is 0.353. The minimum absolute atomic E-state index is 0.0282. The average Bonchev–Trinajstić information content (AvgIpc) is 2.79. The summed E-state index contributed by atoms with van der Waals surface area (Å²) in [5.41, 5.74) is 4.44. The third kappa shape index (κ3) is 4.41. The zero-order valence-electron chi connectivity index (χ0n) is 13.1. The van der Waals surface area contributed by atoms with Crippen molar-refractivity contribution < 1.29 is 4.79 Å². The van der Waals surface area contributed by atoms with Gasteiger partial charge in [0.25, 0.3) is 0 Å². The van der Waals surface area contributed by atoms with Gasteiger partial charge in [0.2, 0.25) is 5.91 Å². The third-order valence-corrected chi connectivity index (χ3v) is 4.47. The molecule has 21 heavy (non-hydrogen) atoms.